The zero-order valence-corrected chi connectivity index (χ0v) is 13.2. The molecule has 0 aromatic heterocycles. The molecule has 1 fully saturated rings. The van der Waals surface area contributed by atoms with Crippen molar-refractivity contribution in [3.8, 4) is 0 Å². The quantitative estimate of drug-likeness (QED) is 0.506. The molecule has 21 heavy (non-hydrogen) atoms. The Morgan fingerprint density at radius 2 is 1.62 bits per heavy atom. The average Bonchev–Trinajstić information content (AvgIpc) is 2.48. The van der Waals surface area contributed by atoms with Gasteiger partial charge < -0.3 is 24.8 Å². The molecule has 3 N–H and O–H groups in total. The van der Waals surface area contributed by atoms with Gasteiger partial charge in [0.2, 0.25) is 0 Å². The normalized spacial score (nSPS) is 29.7. The number of rotatable bonds is 11. The highest BCUT2D eigenvalue weighted by atomic mass is 16.6. The summed E-state index contributed by atoms with van der Waals surface area (Å²) in [6, 6.07) is 0. The minimum atomic E-state index is -0.965. The minimum Gasteiger partial charge on any atom is -0.394 e. The molecule has 126 valence electrons. The highest BCUT2D eigenvalue weighted by molar-refractivity contribution is 4.87. The third-order valence-electron chi connectivity index (χ3n) is 4.07. The standard InChI is InChI=1S/C16H32O5/c1-2-3-4-5-6-7-8-9-10-20-16-13(18)12-21-14(11-17)15(16)19/h13-19H,2-12H2,1H3/t13-,14+,15+,16+/m1/s1. The number of unbranched alkanes of at least 4 members (excludes halogenated alkanes) is 7. The maximum Gasteiger partial charge on any atom is 0.114 e. The zero-order valence-electron chi connectivity index (χ0n) is 13.2. The van der Waals surface area contributed by atoms with Crippen LogP contribution in [0.15, 0.2) is 0 Å². The van der Waals surface area contributed by atoms with Gasteiger partial charge in [-0.3, -0.25) is 0 Å². The van der Waals surface area contributed by atoms with Crippen molar-refractivity contribution in [1.82, 2.24) is 0 Å². The molecular formula is C16H32O5. The lowest BCUT2D eigenvalue weighted by Crippen LogP contribution is -2.55. The second-order valence-electron chi connectivity index (χ2n) is 5.92. The van der Waals surface area contributed by atoms with E-state index in [-0.39, 0.29) is 13.2 Å². The van der Waals surface area contributed by atoms with Crippen LogP contribution in [-0.4, -0.2) is 59.6 Å². The van der Waals surface area contributed by atoms with E-state index >= 15 is 0 Å². The van der Waals surface area contributed by atoms with E-state index in [0.717, 1.165) is 12.8 Å². The summed E-state index contributed by atoms with van der Waals surface area (Å²) in [6.45, 7) is 2.60. The van der Waals surface area contributed by atoms with Gasteiger partial charge >= 0.3 is 0 Å². The second-order valence-corrected chi connectivity index (χ2v) is 5.92. The highest BCUT2D eigenvalue weighted by Gasteiger charge is 2.38. The van der Waals surface area contributed by atoms with Crippen LogP contribution in [-0.2, 0) is 9.47 Å². The maximum atomic E-state index is 9.95. The minimum absolute atomic E-state index is 0.102. The SMILES string of the molecule is CCCCCCCCCCO[C@@H]1[C@@H](O)[C@H](CO)OC[C@H]1O. The number of aliphatic hydroxyl groups is 3. The first-order valence-corrected chi connectivity index (χ1v) is 8.40. The van der Waals surface area contributed by atoms with Gasteiger partial charge in [0.15, 0.2) is 0 Å². The van der Waals surface area contributed by atoms with E-state index in [2.05, 4.69) is 6.92 Å². The van der Waals surface area contributed by atoms with Crippen LogP contribution >= 0.6 is 0 Å². The van der Waals surface area contributed by atoms with Crippen molar-refractivity contribution in [1.29, 1.82) is 0 Å². The largest absolute Gasteiger partial charge is 0.394 e. The van der Waals surface area contributed by atoms with Gasteiger partial charge in [-0.25, -0.2) is 0 Å². The van der Waals surface area contributed by atoms with E-state index in [4.69, 9.17) is 14.6 Å². The van der Waals surface area contributed by atoms with E-state index in [1.54, 1.807) is 0 Å². The first-order chi connectivity index (χ1) is 10.2. The van der Waals surface area contributed by atoms with E-state index in [1.165, 1.54) is 38.5 Å². The first-order valence-electron chi connectivity index (χ1n) is 8.40. The molecule has 0 amide bonds. The summed E-state index contributed by atoms with van der Waals surface area (Å²) in [4.78, 5) is 0. The molecule has 1 rings (SSSR count). The van der Waals surface area contributed by atoms with Crippen molar-refractivity contribution in [2.75, 3.05) is 19.8 Å². The molecule has 1 aliphatic heterocycles. The zero-order chi connectivity index (χ0) is 15.5. The van der Waals surface area contributed by atoms with Gasteiger partial charge in [-0.2, -0.15) is 0 Å². The lowest BCUT2D eigenvalue weighted by Gasteiger charge is -2.37. The van der Waals surface area contributed by atoms with Crippen molar-refractivity contribution in [2.45, 2.75) is 82.7 Å². The Balaban J connectivity index is 2.05. The topological polar surface area (TPSA) is 79.2 Å². The molecule has 4 atom stereocenters. The van der Waals surface area contributed by atoms with Crippen LogP contribution in [0.4, 0.5) is 0 Å². The van der Waals surface area contributed by atoms with Crippen molar-refractivity contribution >= 4 is 0 Å². The molecule has 1 saturated heterocycles. The highest BCUT2D eigenvalue weighted by Crippen LogP contribution is 2.19. The van der Waals surface area contributed by atoms with Gasteiger partial charge in [0.1, 0.15) is 24.4 Å². The Labute approximate surface area is 128 Å². The summed E-state index contributed by atoms with van der Waals surface area (Å²) in [6.07, 6.45) is 6.69. The summed E-state index contributed by atoms with van der Waals surface area (Å²) in [5, 5.41) is 28.8. The van der Waals surface area contributed by atoms with Crippen LogP contribution in [0.2, 0.25) is 0 Å². The van der Waals surface area contributed by atoms with Crippen molar-refractivity contribution in [3.05, 3.63) is 0 Å². The summed E-state index contributed by atoms with van der Waals surface area (Å²) < 4.78 is 10.7. The van der Waals surface area contributed by atoms with Gasteiger partial charge in [0, 0.05) is 6.61 Å². The lowest BCUT2D eigenvalue weighted by molar-refractivity contribution is -0.210. The molecular weight excluding hydrogens is 272 g/mol. The first kappa shape index (κ1) is 18.8. The van der Waals surface area contributed by atoms with Crippen LogP contribution in [0, 0.1) is 0 Å². The molecule has 0 aromatic carbocycles. The number of hydrogen-bond donors (Lipinski definition) is 3. The van der Waals surface area contributed by atoms with Crippen LogP contribution in [0.3, 0.4) is 0 Å². The van der Waals surface area contributed by atoms with Crippen LogP contribution < -0.4 is 0 Å². The van der Waals surface area contributed by atoms with E-state index in [9.17, 15) is 10.2 Å². The molecule has 1 heterocycles. The third kappa shape index (κ3) is 7.06. The van der Waals surface area contributed by atoms with Gasteiger partial charge in [-0.1, -0.05) is 51.9 Å². The molecule has 5 heteroatoms. The van der Waals surface area contributed by atoms with Gasteiger partial charge in [0.05, 0.1) is 13.2 Å². The van der Waals surface area contributed by atoms with Gasteiger partial charge in [-0.15, -0.1) is 0 Å². The molecule has 1 aliphatic rings. The number of ether oxygens (including phenoxy) is 2. The Kier molecular flexibility index (Phi) is 10.2. The fraction of sp³-hybridized carbons (Fsp3) is 1.00. The number of aliphatic hydroxyl groups excluding tert-OH is 3. The van der Waals surface area contributed by atoms with Gasteiger partial charge in [0.25, 0.3) is 0 Å². The van der Waals surface area contributed by atoms with Crippen LogP contribution in [0.5, 0.6) is 0 Å². The monoisotopic (exact) mass is 304 g/mol. The Morgan fingerprint density at radius 1 is 1.00 bits per heavy atom. The molecule has 0 aliphatic carbocycles. The van der Waals surface area contributed by atoms with E-state index in [0.29, 0.717) is 6.61 Å². The maximum absolute atomic E-state index is 9.95. The summed E-state index contributed by atoms with van der Waals surface area (Å²) in [7, 11) is 0. The molecule has 0 aromatic rings. The van der Waals surface area contributed by atoms with E-state index in [1.807, 2.05) is 0 Å². The average molecular weight is 304 g/mol. The fourth-order valence-corrected chi connectivity index (χ4v) is 2.68. The predicted octanol–water partition coefficient (Wildman–Crippen LogP) is 1.63. The molecule has 0 saturated carbocycles. The summed E-state index contributed by atoms with van der Waals surface area (Å²) in [5.41, 5.74) is 0. The van der Waals surface area contributed by atoms with Crippen LogP contribution in [0.25, 0.3) is 0 Å². The lowest BCUT2D eigenvalue weighted by atomic mass is 10.0. The fourth-order valence-electron chi connectivity index (χ4n) is 2.68. The molecule has 5 nitrogen and oxygen atoms in total. The van der Waals surface area contributed by atoms with E-state index < -0.39 is 24.4 Å². The van der Waals surface area contributed by atoms with Crippen molar-refractivity contribution in [3.63, 3.8) is 0 Å². The number of hydrogen-bond acceptors (Lipinski definition) is 5. The van der Waals surface area contributed by atoms with Gasteiger partial charge in [-0.05, 0) is 6.42 Å². The molecule has 0 bridgehead atoms. The molecule has 0 spiro atoms. The Morgan fingerprint density at radius 3 is 2.24 bits per heavy atom. The summed E-state index contributed by atoms with van der Waals surface area (Å²) >= 11 is 0. The third-order valence-corrected chi connectivity index (χ3v) is 4.07. The predicted molar refractivity (Wildman–Crippen MR) is 81.2 cm³/mol. The molecule has 0 unspecified atom stereocenters. The van der Waals surface area contributed by atoms with Crippen molar-refractivity contribution in [2.24, 2.45) is 0 Å². The Bertz CT molecular complexity index is 249. The smallest absolute Gasteiger partial charge is 0.114 e. The van der Waals surface area contributed by atoms with Crippen LogP contribution in [0.1, 0.15) is 58.3 Å². The summed E-state index contributed by atoms with van der Waals surface area (Å²) in [5.74, 6) is 0. The van der Waals surface area contributed by atoms with Crippen molar-refractivity contribution < 1.29 is 24.8 Å². The second kappa shape index (κ2) is 11.4. The Hall–Kier alpha value is -0.200. The molecule has 0 radical (unpaired) electrons.